The van der Waals surface area contributed by atoms with Gasteiger partial charge >= 0.3 is 0 Å². The minimum absolute atomic E-state index is 0.145. The van der Waals surface area contributed by atoms with Crippen molar-refractivity contribution in [1.82, 2.24) is 0 Å². The fourth-order valence-corrected chi connectivity index (χ4v) is 1.55. The van der Waals surface area contributed by atoms with Crippen LogP contribution in [0.1, 0.15) is 22.8 Å². The lowest BCUT2D eigenvalue weighted by Gasteiger charge is -2.04. The van der Waals surface area contributed by atoms with Gasteiger partial charge in [-0.3, -0.25) is 0 Å². The molecule has 0 aliphatic carbocycles. The molecule has 0 radical (unpaired) electrons. The molecular weight excluding hydrogens is 168 g/mol. The molecule has 1 heterocycles. The molecule has 1 aliphatic heterocycles. The number of fused-ring (bicyclic) bond motifs is 1. The van der Waals surface area contributed by atoms with Crippen LogP contribution in [0.5, 0.6) is 5.75 Å². The third-order valence-corrected chi connectivity index (χ3v) is 2.13. The second kappa shape index (κ2) is 2.76. The summed E-state index contributed by atoms with van der Waals surface area (Å²) >= 11 is 0. The van der Waals surface area contributed by atoms with E-state index in [4.69, 9.17) is 4.74 Å². The lowest BCUT2D eigenvalue weighted by atomic mass is 10.1. The van der Waals surface area contributed by atoms with Gasteiger partial charge in [0.05, 0.1) is 5.97 Å². The van der Waals surface area contributed by atoms with Gasteiger partial charge in [0.25, 0.3) is 0 Å². The van der Waals surface area contributed by atoms with Crippen LogP contribution in [0.3, 0.4) is 0 Å². The SMILES string of the molecule is C[C@@H]1Cc2cc(C(=O)[O-])ccc2O1. The zero-order valence-corrected chi connectivity index (χ0v) is 7.24. The Labute approximate surface area is 76.0 Å². The lowest BCUT2D eigenvalue weighted by molar-refractivity contribution is -0.255. The van der Waals surface area contributed by atoms with E-state index in [1.165, 1.54) is 6.07 Å². The van der Waals surface area contributed by atoms with E-state index in [-0.39, 0.29) is 11.7 Å². The van der Waals surface area contributed by atoms with Crippen LogP contribution in [0.15, 0.2) is 18.2 Å². The highest BCUT2D eigenvalue weighted by atomic mass is 16.5. The summed E-state index contributed by atoms with van der Waals surface area (Å²) in [6.45, 7) is 1.96. The Bertz CT molecular complexity index is 357. The van der Waals surface area contributed by atoms with Crippen LogP contribution in [0.2, 0.25) is 0 Å². The molecule has 2 rings (SSSR count). The van der Waals surface area contributed by atoms with Gasteiger partial charge in [-0.2, -0.15) is 0 Å². The van der Waals surface area contributed by atoms with Crippen molar-refractivity contribution in [2.45, 2.75) is 19.4 Å². The molecule has 0 unspecified atom stereocenters. The summed E-state index contributed by atoms with van der Waals surface area (Å²) in [7, 11) is 0. The van der Waals surface area contributed by atoms with Gasteiger partial charge < -0.3 is 14.6 Å². The summed E-state index contributed by atoms with van der Waals surface area (Å²) < 4.78 is 5.43. The van der Waals surface area contributed by atoms with E-state index in [0.717, 1.165) is 17.7 Å². The van der Waals surface area contributed by atoms with Gasteiger partial charge in [0.1, 0.15) is 11.9 Å². The standard InChI is InChI=1S/C10H10O3/c1-6-4-8-5-7(10(11)12)2-3-9(8)13-6/h2-3,5-6H,4H2,1H3,(H,11,12)/p-1/t6-/m1/s1. The molecule has 0 amide bonds. The summed E-state index contributed by atoms with van der Waals surface area (Å²) in [6, 6.07) is 4.81. The first-order valence-electron chi connectivity index (χ1n) is 4.18. The average Bonchev–Trinajstić information content (AvgIpc) is 2.42. The Morgan fingerprint density at radius 3 is 3.08 bits per heavy atom. The van der Waals surface area contributed by atoms with Gasteiger partial charge in [0.15, 0.2) is 0 Å². The topological polar surface area (TPSA) is 49.4 Å². The Kier molecular flexibility index (Phi) is 1.72. The molecule has 68 valence electrons. The molecule has 0 fully saturated rings. The second-order valence-corrected chi connectivity index (χ2v) is 3.24. The van der Waals surface area contributed by atoms with Crippen LogP contribution < -0.4 is 9.84 Å². The smallest absolute Gasteiger partial charge is 0.123 e. The molecule has 0 spiro atoms. The number of carbonyl (C=O) groups excluding carboxylic acids is 1. The largest absolute Gasteiger partial charge is 0.545 e. The molecule has 0 bridgehead atoms. The number of carbonyl (C=O) groups is 1. The zero-order valence-electron chi connectivity index (χ0n) is 7.24. The molecule has 1 aromatic rings. The molecule has 3 heteroatoms. The molecule has 1 atom stereocenters. The third-order valence-electron chi connectivity index (χ3n) is 2.13. The number of hydrogen-bond acceptors (Lipinski definition) is 3. The summed E-state index contributed by atoms with van der Waals surface area (Å²) in [5, 5.41) is 10.5. The molecule has 1 aromatic carbocycles. The van der Waals surface area contributed by atoms with Gasteiger partial charge in [-0.15, -0.1) is 0 Å². The average molecular weight is 177 g/mol. The number of ether oxygens (including phenoxy) is 1. The highest BCUT2D eigenvalue weighted by Crippen LogP contribution is 2.29. The van der Waals surface area contributed by atoms with Gasteiger partial charge in [-0.05, 0) is 36.2 Å². The molecule has 0 aromatic heterocycles. The van der Waals surface area contributed by atoms with Crippen molar-refractivity contribution in [3.63, 3.8) is 0 Å². The molecule has 3 nitrogen and oxygen atoms in total. The first kappa shape index (κ1) is 8.10. The van der Waals surface area contributed by atoms with Crippen molar-refractivity contribution in [3.8, 4) is 5.75 Å². The zero-order chi connectivity index (χ0) is 9.42. The predicted molar refractivity (Wildman–Crippen MR) is 44.6 cm³/mol. The molecule has 13 heavy (non-hydrogen) atoms. The molecule has 0 N–H and O–H groups in total. The number of carboxylic acids is 1. The third kappa shape index (κ3) is 1.37. The lowest BCUT2D eigenvalue weighted by Crippen LogP contribution is -2.22. The Morgan fingerprint density at radius 2 is 2.38 bits per heavy atom. The summed E-state index contributed by atoms with van der Waals surface area (Å²) in [5.41, 5.74) is 1.17. The maximum Gasteiger partial charge on any atom is 0.123 e. The highest BCUT2D eigenvalue weighted by Gasteiger charge is 2.18. The normalized spacial score (nSPS) is 19.3. The van der Waals surface area contributed by atoms with Crippen molar-refractivity contribution < 1.29 is 14.6 Å². The molecule has 1 aliphatic rings. The minimum Gasteiger partial charge on any atom is -0.545 e. The summed E-state index contributed by atoms with van der Waals surface area (Å²) in [6.07, 6.45) is 0.920. The van der Waals surface area contributed by atoms with E-state index in [0.29, 0.717) is 0 Å². The van der Waals surface area contributed by atoms with Gasteiger partial charge in [0, 0.05) is 6.42 Å². The van der Waals surface area contributed by atoms with Gasteiger partial charge in [-0.25, -0.2) is 0 Å². The maximum absolute atomic E-state index is 10.5. The number of rotatable bonds is 1. The van der Waals surface area contributed by atoms with Crippen LogP contribution >= 0.6 is 0 Å². The van der Waals surface area contributed by atoms with E-state index in [2.05, 4.69) is 0 Å². The van der Waals surface area contributed by atoms with Crippen molar-refractivity contribution in [3.05, 3.63) is 29.3 Å². The van der Waals surface area contributed by atoms with E-state index in [1.807, 2.05) is 6.92 Å². The van der Waals surface area contributed by atoms with Crippen LogP contribution in [0.4, 0.5) is 0 Å². The van der Waals surface area contributed by atoms with Crippen molar-refractivity contribution >= 4 is 5.97 Å². The van der Waals surface area contributed by atoms with Crippen LogP contribution in [0.25, 0.3) is 0 Å². The van der Waals surface area contributed by atoms with Crippen molar-refractivity contribution in [2.75, 3.05) is 0 Å². The predicted octanol–water partition coefficient (Wildman–Crippen LogP) is 0.373. The summed E-state index contributed by atoms with van der Waals surface area (Å²) in [5.74, 6) is -0.347. The number of aromatic carboxylic acids is 1. The first-order chi connectivity index (χ1) is 6.16. The van der Waals surface area contributed by atoms with Gasteiger partial charge in [0.2, 0.25) is 0 Å². The number of carboxylic acid groups (broad SMARTS) is 1. The fourth-order valence-electron chi connectivity index (χ4n) is 1.55. The highest BCUT2D eigenvalue weighted by molar-refractivity contribution is 5.86. The molecule has 0 saturated carbocycles. The summed E-state index contributed by atoms with van der Waals surface area (Å²) in [4.78, 5) is 10.5. The molecule has 0 saturated heterocycles. The monoisotopic (exact) mass is 177 g/mol. The van der Waals surface area contributed by atoms with Crippen LogP contribution in [-0.2, 0) is 6.42 Å². The number of benzene rings is 1. The Balaban J connectivity index is 2.40. The Hall–Kier alpha value is -1.51. The van der Waals surface area contributed by atoms with E-state index in [1.54, 1.807) is 12.1 Å². The first-order valence-corrected chi connectivity index (χ1v) is 4.18. The molecular formula is C10H9O3-. The van der Waals surface area contributed by atoms with Crippen LogP contribution in [0, 0.1) is 0 Å². The van der Waals surface area contributed by atoms with E-state index in [9.17, 15) is 9.90 Å². The van der Waals surface area contributed by atoms with Gasteiger partial charge in [-0.1, -0.05) is 0 Å². The minimum atomic E-state index is -1.14. The van der Waals surface area contributed by atoms with Crippen molar-refractivity contribution in [1.29, 1.82) is 0 Å². The maximum atomic E-state index is 10.5. The van der Waals surface area contributed by atoms with Crippen molar-refractivity contribution in [2.24, 2.45) is 0 Å². The van der Waals surface area contributed by atoms with E-state index >= 15 is 0 Å². The van der Waals surface area contributed by atoms with Crippen LogP contribution in [-0.4, -0.2) is 12.1 Å². The Morgan fingerprint density at radius 1 is 1.62 bits per heavy atom. The quantitative estimate of drug-likeness (QED) is 0.622. The van der Waals surface area contributed by atoms with E-state index < -0.39 is 5.97 Å². The second-order valence-electron chi connectivity index (χ2n) is 3.24. The number of hydrogen-bond donors (Lipinski definition) is 0. The fraction of sp³-hybridized carbons (Fsp3) is 0.300.